The quantitative estimate of drug-likeness (QED) is 0.268. The molecule has 0 radical (unpaired) electrons. The van der Waals surface area contributed by atoms with Crippen molar-refractivity contribution in [2.24, 2.45) is 0 Å². The first kappa shape index (κ1) is 31.7. The van der Waals surface area contributed by atoms with E-state index < -0.39 is 0 Å². The van der Waals surface area contributed by atoms with Gasteiger partial charge in [-0.2, -0.15) is 0 Å². The number of rotatable bonds is 2. The van der Waals surface area contributed by atoms with Crippen LogP contribution in [0.1, 0.15) is 55.4 Å². The van der Waals surface area contributed by atoms with Crippen LogP contribution in [0.5, 0.6) is 0 Å². The topological polar surface area (TPSA) is 64.1 Å². The first-order valence-corrected chi connectivity index (χ1v) is 12.1. The molecular weight excluding hydrogens is 402 g/mol. The predicted molar refractivity (Wildman–Crippen MR) is 154 cm³/mol. The van der Waals surface area contributed by atoms with Gasteiger partial charge in [-0.1, -0.05) is 110 Å². The van der Waals surface area contributed by atoms with Gasteiger partial charge in [-0.25, -0.2) is 0 Å². The lowest BCUT2D eigenvalue weighted by atomic mass is 10.1. The van der Waals surface area contributed by atoms with E-state index in [9.17, 15) is 0 Å². The number of nitrogens with one attached hydrogen (secondary N) is 1. The minimum atomic E-state index is 0.781. The zero-order valence-corrected chi connectivity index (χ0v) is 21.9. The zero-order chi connectivity index (χ0) is 25.5. The second-order valence-electron chi connectivity index (χ2n) is 5.68. The molecule has 180 valence electrons. The molecule has 0 atom stereocenters. The lowest BCUT2D eigenvalue weighted by molar-refractivity contribution is 1.50. The number of fused-ring (bicyclic) bond motifs is 1. The average Bonchev–Trinajstić information content (AvgIpc) is 2.91. The number of benzene rings is 4. The Balaban J connectivity index is 0. The summed E-state index contributed by atoms with van der Waals surface area (Å²) in [5.74, 6) is 0. The van der Waals surface area contributed by atoms with Crippen molar-refractivity contribution >= 4 is 33.5 Å². The van der Waals surface area contributed by atoms with Gasteiger partial charge in [-0.15, -0.1) is 0 Å². The lowest BCUT2D eigenvalue weighted by Gasteiger charge is -2.05. The highest BCUT2D eigenvalue weighted by molar-refractivity contribution is 5.92. The molecule has 3 nitrogen and oxygen atoms in total. The molecule has 0 saturated heterocycles. The summed E-state index contributed by atoms with van der Waals surface area (Å²) in [6.07, 6.45) is 0. The van der Waals surface area contributed by atoms with Crippen LogP contribution >= 0.6 is 0 Å². The van der Waals surface area contributed by atoms with Gasteiger partial charge in [-0.05, 0) is 47.9 Å². The lowest BCUT2D eigenvalue weighted by Crippen LogP contribution is -1.90. The molecule has 3 heteroatoms. The van der Waals surface area contributed by atoms with Crippen LogP contribution in [-0.2, 0) is 0 Å². The number of anilines is 4. The van der Waals surface area contributed by atoms with Crippen molar-refractivity contribution in [1.82, 2.24) is 0 Å². The third-order valence-corrected chi connectivity index (χ3v) is 3.80. The van der Waals surface area contributed by atoms with Crippen molar-refractivity contribution in [1.29, 1.82) is 0 Å². The number of para-hydroxylation sites is 1. The monoisotopic (exact) mass is 447 g/mol. The van der Waals surface area contributed by atoms with Gasteiger partial charge in [0, 0.05) is 28.1 Å². The molecule has 5 N–H and O–H groups in total. The Hall–Kier alpha value is -3.46. The van der Waals surface area contributed by atoms with Crippen LogP contribution in [0.4, 0.5) is 22.7 Å². The van der Waals surface area contributed by atoms with E-state index in [-0.39, 0.29) is 0 Å². The van der Waals surface area contributed by atoms with Crippen LogP contribution in [0.3, 0.4) is 0 Å². The maximum Gasteiger partial charge on any atom is 0.0393 e. The number of hydrogen-bond acceptors (Lipinski definition) is 3. The van der Waals surface area contributed by atoms with Gasteiger partial charge in [0.2, 0.25) is 0 Å². The summed E-state index contributed by atoms with van der Waals surface area (Å²) in [6, 6.07) is 31.8. The van der Waals surface area contributed by atoms with Crippen LogP contribution in [0, 0.1) is 0 Å². The highest BCUT2D eigenvalue weighted by Crippen LogP contribution is 2.19. The van der Waals surface area contributed by atoms with Crippen molar-refractivity contribution < 1.29 is 0 Å². The number of nitrogens with two attached hydrogens (primary N) is 2. The fourth-order valence-electron chi connectivity index (χ4n) is 2.51. The Bertz CT molecular complexity index is 928. The average molecular weight is 448 g/mol. The minimum Gasteiger partial charge on any atom is -0.399 e. The van der Waals surface area contributed by atoms with Gasteiger partial charge < -0.3 is 16.8 Å². The van der Waals surface area contributed by atoms with Crippen LogP contribution in [0.25, 0.3) is 10.8 Å². The normalized spacial score (nSPS) is 8.24. The summed E-state index contributed by atoms with van der Waals surface area (Å²) < 4.78 is 0. The molecule has 0 fully saturated rings. The van der Waals surface area contributed by atoms with Crippen molar-refractivity contribution in [2.75, 3.05) is 16.8 Å². The van der Waals surface area contributed by atoms with E-state index >= 15 is 0 Å². The maximum absolute atomic E-state index is 5.76. The third-order valence-electron chi connectivity index (χ3n) is 3.80. The molecule has 33 heavy (non-hydrogen) atoms. The van der Waals surface area contributed by atoms with Gasteiger partial charge in [0.1, 0.15) is 0 Å². The number of nitrogen functional groups attached to an aromatic ring is 2. The summed E-state index contributed by atoms with van der Waals surface area (Å²) in [5, 5.41) is 5.61. The molecule has 0 heterocycles. The highest BCUT2D eigenvalue weighted by Gasteiger charge is 1.93. The van der Waals surface area contributed by atoms with E-state index in [1.165, 1.54) is 5.39 Å². The van der Waals surface area contributed by atoms with E-state index in [0.29, 0.717) is 0 Å². The molecule has 4 aromatic carbocycles. The largest absolute Gasteiger partial charge is 0.399 e. The van der Waals surface area contributed by atoms with Gasteiger partial charge in [-0.3, -0.25) is 0 Å². The van der Waals surface area contributed by atoms with E-state index in [4.69, 9.17) is 11.5 Å². The Kier molecular flexibility index (Phi) is 20.9. The van der Waals surface area contributed by atoms with Crippen LogP contribution < -0.4 is 16.8 Å². The predicted octanol–water partition coefficient (Wildman–Crippen LogP) is 9.54. The van der Waals surface area contributed by atoms with Crippen LogP contribution in [0.15, 0.2) is 97.1 Å². The molecular formula is C30H45N3. The molecule has 0 aliphatic carbocycles. The Morgan fingerprint density at radius 3 is 1.45 bits per heavy atom. The molecule has 0 spiro atoms. The van der Waals surface area contributed by atoms with Gasteiger partial charge >= 0.3 is 0 Å². The van der Waals surface area contributed by atoms with E-state index in [0.717, 1.165) is 28.1 Å². The fourth-order valence-corrected chi connectivity index (χ4v) is 2.51. The minimum absolute atomic E-state index is 0.781. The summed E-state index contributed by atoms with van der Waals surface area (Å²) in [6.45, 7) is 16.0. The van der Waals surface area contributed by atoms with Gasteiger partial charge in [0.25, 0.3) is 0 Å². The molecule has 0 aliphatic rings. The summed E-state index contributed by atoms with van der Waals surface area (Å²) >= 11 is 0. The second kappa shape index (κ2) is 21.8. The van der Waals surface area contributed by atoms with Gasteiger partial charge in [0.15, 0.2) is 0 Å². The van der Waals surface area contributed by atoms with Crippen LogP contribution in [0.2, 0.25) is 0 Å². The second-order valence-corrected chi connectivity index (χ2v) is 5.68. The molecule has 4 rings (SSSR count). The smallest absolute Gasteiger partial charge is 0.0393 e. The molecule has 0 aromatic heterocycles. The Morgan fingerprint density at radius 1 is 0.455 bits per heavy atom. The first-order valence-electron chi connectivity index (χ1n) is 12.1. The summed E-state index contributed by atoms with van der Waals surface area (Å²) in [4.78, 5) is 0. The van der Waals surface area contributed by atoms with E-state index in [1.807, 2.05) is 140 Å². The zero-order valence-electron chi connectivity index (χ0n) is 21.9. The van der Waals surface area contributed by atoms with Crippen molar-refractivity contribution in [3.8, 4) is 0 Å². The molecule has 0 bridgehead atoms. The maximum atomic E-state index is 5.76. The molecule has 0 saturated carbocycles. The van der Waals surface area contributed by atoms with Crippen molar-refractivity contribution in [2.45, 2.75) is 55.4 Å². The molecule has 0 aliphatic heterocycles. The third kappa shape index (κ3) is 12.9. The van der Waals surface area contributed by atoms with E-state index in [1.54, 1.807) is 0 Å². The molecule has 0 amide bonds. The Morgan fingerprint density at radius 2 is 0.909 bits per heavy atom. The summed E-state index contributed by atoms with van der Waals surface area (Å²) in [5.41, 5.74) is 15.1. The van der Waals surface area contributed by atoms with Crippen LogP contribution in [-0.4, -0.2) is 0 Å². The summed E-state index contributed by atoms with van der Waals surface area (Å²) in [7, 11) is 0. The standard InChI is InChI=1S/C12H12N2.C10H9N.4C2H6/c13-10-6-8-12(9-7-10)14-11-4-2-1-3-5-11;11-10-7-3-5-8-4-1-2-6-9(8)10;4*1-2/h1-9,14H,13H2;1-7H,11H2;4*1-2H3. The van der Waals surface area contributed by atoms with Crippen molar-refractivity contribution in [3.05, 3.63) is 97.1 Å². The molecule has 0 unspecified atom stereocenters. The van der Waals surface area contributed by atoms with Gasteiger partial charge in [0.05, 0.1) is 0 Å². The van der Waals surface area contributed by atoms with E-state index in [2.05, 4.69) is 17.4 Å². The number of hydrogen-bond donors (Lipinski definition) is 3. The fraction of sp³-hybridized carbons (Fsp3) is 0.267. The highest BCUT2D eigenvalue weighted by atomic mass is 14.9. The SMILES string of the molecule is CC.CC.CC.CC.Nc1ccc(Nc2ccccc2)cc1.Nc1cccc2ccccc12. The Labute approximate surface area is 202 Å². The van der Waals surface area contributed by atoms with Crippen molar-refractivity contribution in [3.63, 3.8) is 0 Å². The molecule has 4 aromatic rings. The first-order chi connectivity index (χ1) is 16.2.